The van der Waals surface area contributed by atoms with Gasteiger partial charge in [0.2, 0.25) is 0 Å². The fourth-order valence-electron chi connectivity index (χ4n) is 2.67. The molecule has 1 aliphatic rings. The van der Waals surface area contributed by atoms with Gasteiger partial charge in [0.1, 0.15) is 11.6 Å². The summed E-state index contributed by atoms with van der Waals surface area (Å²) >= 11 is 0. The fourth-order valence-corrected chi connectivity index (χ4v) is 2.67. The average Bonchev–Trinajstić information content (AvgIpc) is 2.75. The summed E-state index contributed by atoms with van der Waals surface area (Å²) in [7, 11) is 1.50. The first-order chi connectivity index (χ1) is 8.11. The number of ether oxygens (including phenoxy) is 1. The van der Waals surface area contributed by atoms with Gasteiger partial charge >= 0.3 is 0 Å². The molecule has 0 heterocycles. The Kier molecular flexibility index (Phi) is 3.67. The monoisotopic (exact) mass is 238 g/mol. The second-order valence-electron chi connectivity index (χ2n) is 5.01. The standard InChI is InChI=1S/C14H19FO2/c1-9-3-4-10(7-9)14(16)12-6-5-11(17-2)8-13(12)15/h5-6,8-10,14,16H,3-4,7H2,1-2H3. The molecule has 1 fully saturated rings. The van der Waals surface area contributed by atoms with Crippen LogP contribution in [0.4, 0.5) is 4.39 Å². The molecule has 0 bridgehead atoms. The van der Waals surface area contributed by atoms with Gasteiger partial charge in [0.15, 0.2) is 0 Å². The predicted molar refractivity (Wildman–Crippen MR) is 64.4 cm³/mol. The number of rotatable bonds is 3. The van der Waals surface area contributed by atoms with E-state index in [1.165, 1.54) is 13.2 Å². The topological polar surface area (TPSA) is 29.5 Å². The van der Waals surface area contributed by atoms with Gasteiger partial charge in [-0.15, -0.1) is 0 Å². The maximum Gasteiger partial charge on any atom is 0.132 e. The molecule has 3 heteroatoms. The Balaban J connectivity index is 2.16. The van der Waals surface area contributed by atoms with E-state index < -0.39 is 6.10 Å². The lowest BCUT2D eigenvalue weighted by molar-refractivity contribution is 0.106. The summed E-state index contributed by atoms with van der Waals surface area (Å²) in [4.78, 5) is 0. The van der Waals surface area contributed by atoms with Crippen molar-refractivity contribution in [2.45, 2.75) is 32.3 Å². The van der Waals surface area contributed by atoms with Gasteiger partial charge < -0.3 is 9.84 Å². The molecule has 0 spiro atoms. The second kappa shape index (κ2) is 5.05. The van der Waals surface area contributed by atoms with Crippen LogP contribution in [0.1, 0.15) is 37.9 Å². The third-order valence-corrected chi connectivity index (χ3v) is 3.71. The number of hydrogen-bond acceptors (Lipinski definition) is 2. The Labute approximate surface area is 101 Å². The molecule has 2 rings (SSSR count). The highest BCUT2D eigenvalue weighted by atomic mass is 19.1. The van der Waals surface area contributed by atoms with Crippen LogP contribution in [0, 0.1) is 17.7 Å². The van der Waals surface area contributed by atoms with E-state index in [4.69, 9.17) is 4.74 Å². The minimum absolute atomic E-state index is 0.188. The van der Waals surface area contributed by atoms with Crippen molar-refractivity contribution < 1.29 is 14.2 Å². The van der Waals surface area contributed by atoms with E-state index in [1.54, 1.807) is 12.1 Å². The van der Waals surface area contributed by atoms with E-state index in [-0.39, 0.29) is 11.7 Å². The number of halogens is 1. The van der Waals surface area contributed by atoms with Crippen LogP contribution in [-0.2, 0) is 0 Å². The summed E-state index contributed by atoms with van der Waals surface area (Å²) in [5.74, 6) is 0.929. The Morgan fingerprint density at radius 3 is 2.71 bits per heavy atom. The smallest absolute Gasteiger partial charge is 0.132 e. The van der Waals surface area contributed by atoms with Crippen molar-refractivity contribution in [1.82, 2.24) is 0 Å². The van der Waals surface area contributed by atoms with Gasteiger partial charge in [0.25, 0.3) is 0 Å². The Morgan fingerprint density at radius 2 is 2.18 bits per heavy atom. The summed E-state index contributed by atoms with van der Waals surface area (Å²) in [6.07, 6.45) is 2.39. The summed E-state index contributed by atoms with van der Waals surface area (Å²) in [6, 6.07) is 4.65. The first-order valence-corrected chi connectivity index (χ1v) is 6.13. The van der Waals surface area contributed by atoms with Crippen molar-refractivity contribution >= 4 is 0 Å². The summed E-state index contributed by atoms with van der Waals surface area (Å²) in [6.45, 7) is 2.18. The SMILES string of the molecule is COc1ccc(C(O)C2CCC(C)C2)c(F)c1. The van der Waals surface area contributed by atoms with Crippen LogP contribution in [-0.4, -0.2) is 12.2 Å². The number of benzene rings is 1. The predicted octanol–water partition coefficient (Wildman–Crippen LogP) is 3.30. The third kappa shape index (κ3) is 2.60. The largest absolute Gasteiger partial charge is 0.497 e. The van der Waals surface area contributed by atoms with Crippen molar-refractivity contribution in [2.24, 2.45) is 11.8 Å². The van der Waals surface area contributed by atoms with E-state index in [1.807, 2.05) is 0 Å². The highest BCUT2D eigenvalue weighted by Crippen LogP contribution is 2.39. The summed E-state index contributed by atoms with van der Waals surface area (Å²) in [5, 5.41) is 10.2. The normalized spacial score (nSPS) is 25.9. The minimum Gasteiger partial charge on any atom is -0.497 e. The van der Waals surface area contributed by atoms with Gasteiger partial charge in [-0.05, 0) is 36.8 Å². The lowest BCUT2D eigenvalue weighted by atomic mass is 9.93. The molecule has 3 atom stereocenters. The summed E-state index contributed by atoms with van der Waals surface area (Å²) < 4.78 is 18.7. The zero-order valence-corrected chi connectivity index (χ0v) is 10.3. The maximum absolute atomic E-state index is 13.8. The number of aliphatic hydroxyl groups excluding tert-OH is 1. The van der Waals surface area contributed by atoms with E-state index in [0.29, 0.717) is 17.2 Å². The van der Waals surface area contributed by atoms with E-state index in [9.17, 15) is 9.50 Å². The average molecular weight is 238 g/mol. The molecule has 0 radical (unpaired) electrons. The van der Waals surface area contributed by atoms with Gasteiger partial charge in [-0.1, -0.05) is 13.3 Å². The molecule has 1 aromatic carbocycles. The first-order valence-electron chi connectivity index (χ1n) is 6.13. The van der Waals surface area contributed by atoms with Crippen LogP contribution >= 0.6 is 0 Å². The Morgan fingerprint density at radius 1 is 1.41 bits per heavy atom. The lowest BCUT2D eigenvalue weighted by Gasteiger charge is -2.19. The molecule has 2 nitrogen and oxygen atoms in total. The molecule has 94 valence electrons. The zero-order chi connectivity index (χ0) is 12.4. The fraction of sp³-hybridized carbons (Fsp3) is 0.571. The highest BCUT2D eigenvalue weighted by molar-refractivity contribution is 5.30. The van der Waals surface area contributed by atoms with E-state index >= 15 is 0 Å². The van der Waals surface area contributed by atoms with Crippen molar-refractivity contribution in [2.75, 3.05) is 7.11 Å². The van der Waals surface area contributed by atoms with Gasteiger partial charge in [-0.3, -0.25) is 0 Å². The summed E-state index contributed by atoms with van der Waals surface area (Å²) in [5.41, 5.74) is 0.393. The Bertz CT molecular complexity index is 392. The molecule has 1 aliphatic carbocycles. The van der Waals surface area contributed by atoms with Crippen molar-refractivity contribution in [1.29, 1.82) is 0 Å². The third-order valence-electron chi connectivity index (χ3n) is 3.71. The lowest BCUT2D eigenvalue weighted by Crippen LogP contribution is -2.11. The molecule has 0 aliphatic heterocycles. The van der Waals surface area contributed by atoms with Crippen LogP contribution in [0.3, 0.4) is 0 Å². The van der Waals surface area contributed by atoms with E-state index in [2.05, 4.69) is 6.92 Å². The molecule has 1 saturated carbocycles. The molecule has 0 amide bonds. The number of methoxy groups -OCH3 is 1. The molecule has 1 aromatic rings. The van der Waals surface area contributed by atoms with Crippen LogP contribution in [0.2, 0.25) is 0 Å². The first kappa shape index (κ1) is 12.4. The van der Waals surface area contributed by atoms with Crippen LogP contribution in [0.25, 0.3) is 0 Å². The van der Waals surface area contributed by atoms with E-state index in [0.717, 1.165) is 19.3 Å². The number of hydrogen-bond donors (Lipinski definition) is 1. The van der Waals surface area contributed by atoms with Crippen LogP contribution in [0.5, 0.6) is 5.75 Å². The number of aliphatic hydroxyl groups is 1. The van der Waals surface area contributed by atoms with Gasteiger partial charge in [-0.25, -0.2) is 4.39 Å². The molecule has 1 N–H and O–H groups in total. The van der Waals surface area contributed by atoms with Crippen molar-refractivity contribution in [3.63, 3.8) is 0 Å². The second-order valence-corrected chi connectivity index (χ2v) is 5.01. The molecule has 0 aromatic heterocycles. The maximum atomic E-state index is 13.8. The van der Waals surface area contributed by atoms with Crippen molar-refractivity contribution in [3.05, 3.63) is 29.6 Å². The molecule has 0 saturated heterocycles. The van der Waals surface area contributed by atoms with Crippen LogP contribution < -0.4 is 4.74 Å². The molecular weight excluding hydrogens is 219 g/mol. The molecular formula is C14H19FO2. The van der Waals surface area contributed by atoms with Crippen LogP contribution in [0.15, 0.2) is 18.2 Å². The zero-order valence-electron chi connectivity index (χ0n) is 10.3. The molecule has 3 unspecified atom stereocenters. The minimum atomic E-state index is -0.689. The van der Waals surface area contributed by atoms with Crippen molar-refractivity contribution in [3.8, 4) is 5.75 Å². The van der Waals surface area contributed by atoms with Gasteiger partial charge in [0.05, 0.1) is 13.2 Å². The highest BCUT2D eigenvalue weighted by Gasteiger charge is 2.29. The molecule has 17 heavy (non-hydrogen) atoms. The van der Waals surface area contributed by atoms with Gasteiger partial charge in [0, 0.05) is 11.6 Å². The van der Waals surface area contributed by atoms with Gasteiger partial charge in [-0.2, -0.15) is 0 Å². The quantitative estimate of drug-likeness (QED) is 0.875. The Hall–Kier alpha value is -1.09.